The number of hydrogen-bond acceptors (Lipinski definition) is 4. The molecular weight excluding hydrogens is 244 g/mol. The van der Waals surface area contributed by atoms with Crippen molar-refractivity contribution < 1.29 is 4.79 Å². The first-order chi connectivity index (χ1) is 9.28. The summed E-state index contributed by atoms with van der Waals surface area (Å²) in [7, 11) is 0. The van der Waals surface area contributed by atoms with Gasteiger partial charge in [0.2, 0.25) is 5.82 Å². The summed E-state index contributed by atoms with van der Waals surface area (Å²) < 4.78 is 0. The first-order valence-electron chi connectivity index (χ1n) is 5.92. The van der Waals surface area contributed by atoms with Crippen LogP contribution < -0.4 is 5.32 Å². The largest absolute Gasteiger partial charge is 0.319 e. The highest BCUT2D eigenvalue weighted by Crippen LogP contribution is 2.21. The Morgan fingerprint density at radius 3 is 3.05 bits per heavy atom. The molecular formula is C12H12N6O. The van der Waals surface area contributed by atoms with Gasteiger partial charge >= 0.3 is 0 Å². The fraction of sp³-hybridized carbons (Fsp3) is 0.167. The third kappa shape index (κ3) is 2.05. The van der Waals surface area contributed by atoms with E-state index in [-0.39, 0.29) is 11.7 Å². The third-order valence-electron chi connectivity index (χ3n) is 2.80. The maximum Gasteiger partial charge on any atom is 0.295 e. The van der Waals surface area contributed by atoms with Gasteiger partial charge in [-0.25, -0.2) is 4.98 Å². The van der Waals surface area contributed by atoms with Crippen molar-refractivity contribution in [3.63, 3.8) is 0 Å². The standard InChI is InChI=1S/C12H12N6O/c1-2-10-15-11(18-17-10)12(19)14-8-4-3-5-9-7(8)6-13-16-9/h3-6H,2H2,1H3,(H,13,16)(H,14,19)(H,15,17,18). The number of nitrogens with one attached hydrogen (secondary N) is 3. The molecule has 0 spiro atoms. The minimum atomic E-state index is -0.343. The summed E-state index contributed by atoms with van der Waals surface area (Å²) >= 11 is 0. The summed E-state index contributed by atoms with van der Waals surface area (Å²) in [6.45, 7) is 1.94. The van der Waals surface area contributed by atoms with E-state index in [1.165, 1.54) is 0 Å². The van der Waals surface area contributed by atoms with E-state index >= 15 is 0 Å². The SMILES string of the molecule is CCc1nc(C(=O)Nc2cccc3[nH]ncc23)n[nH]1. The van der Waals surface area contributed by atoms with Gasteiger partial charge in [0.15, 0.2) is 0 Å². The van der Waals surface area contributed by atoms with Crippen LogP contribution in [-0.2, 0) is 6.42 Å². The molecule has 2 heterocycles. The Kier molecular flexibility index (Phi) is 2.71. The van der Waals surface area contributed by atoms with Crippen molar-refractivity contribution in [2.24, 2.45) is 0 Å². The Labute approximate surface area is 108 Å². The van der Waals surface area contributed by atoms with E-state index in [1.54, 1.807) is 6.20 Å². The van der Waals surface area contributed by atoms with Crippen molar-refractivity contribution in [3.8, 4) is 0 Å². The van der Waals surface area contributed by atoms with Crippen LogP contribution in [-0.4, -0.2) is 31.3 Å². The number of rotatable bonds is 3. The van der Waals surface area contributed by atoms with Gasteiger partial charge in [-0.15, -0.1) is 5.10 Å². The molecule has 0 aliphatic heterocycles. The Morgan fingerprint density at radius 1 is 1.37 bits per heavy atom. The van der Waals surface area contributed by atoms with Crippen LogP contribution in [0.15, 0.2) is 24.4 Å². The van der Waals surface area contributed by atoms with Crippen LogP contribution in [0.25, 0.3) is 10.9 Å². The lowest BCUT2D eigenvalue weighted by molar-refractivity contribution is 0.101. The smallest absolute Gasteiger partial charge is 0.295 e. The number of aromatic amines is 2. The maximum atomic E-state index is 12.0. The van der Waals surface area contributed by atoms with Gasteiger partial charge in [-0.3, -0.25) is 15.0 Å². The van der Waals surface area contributed by atoms with E-state index in [0.29, 0.717) is 17.9 Å². The van der Waals surface area contributed by atoms with Crippen molar-refractivity contribution in [1.29, 1.82) is 0 Å². The molecule has 0 aliphatic carbocycles. The number of amides is 1. The molecule has 96 valence electrons. The molecule has 3 N–H and O–H groups in total. The van der Waals surface area contributed by atoms with Crippen LogP contribution in [0.4, 0.5) is 5.69 Å². The van der Waals surface area contributed by atoms with Gasteiger partial charge in [0, 0.05) is 11.8 Å². The maximum absolute atomic E-state index is 12.0. The van der Waals surface area contributed by atoms with Crippen molar-refractivity contribution in [1.82, 2.24) is 25.4 Å². The summed E-state index contributed by atoms with van der Waals surface area (Å²) in [5.74, 6) is 0.480. The van der Waals surface area contributed by atoms with Gasteiger partial charge < -0.3 is 5.32 Å². The molecule has 0 radical (unpaired) electrons. The Hall–Kier alpha value is -2.70. The summed E-state index contributed by atoms with van der Waals surface area (Å²) in [5, 5.41) is 17.0. The number of carbonyl (C=O) groups is 1. The van der Waals surface area contributed by atoms with Crippen LogP contribution in [0.2, 0.25) is 0 Å². The lowest BCUT2D eigenvalue weighted by Gasteiger charge is -2.03. The van der Waals surface area contributed by atoms with Gasteiger partial charge in [-0.2, -0.15) is 5.10 Å². The van der Waals surface area contributed by atoms with E-state index in [1.807, 2.05) is 25.1 Å². The van der Waals surface area contributed by atoms with Gasteiger partial charge in [-0.05, 0) is 12.1 Å². The van der Waals surface area contributed by atoms with E-state index in [4.69, 9.17) is 0 Å². The van der Waals surface area contributed by atoms with E-state index in [0.717, 1.165) is 10.9 Å². The van der Waals surface area contributed by atoms with Crippen LogP contribution in [0.3, 0.4) is 0 Å². The second-order valence-electron chi connectivity index (χ2n) is 4.05. The minimum Gasteiger partial charge on any atom is -0.319 e. The molecule has 1 aromatic carbocycles. The molecule has 0 aliphatic rings. The van der Waals surface area contributed by atoms with Crippen molar-refractivity contribution in [2.75, 3.05) is 5.32 Å². The molecule has 0 saturated heterocycles. The topological polar surface area (TPSA) is 99.3 Å². The van der Waals surface area contributed by atoms with Crippen molar-refractivity contribution in [2.45, 2.75) is 13.3 Å². The highest BCUT2D eigenvalue weighted by molar-refractivity contribution is 6.06. The predicted octanol–water partition coefficient (Wildman–Crippen LogP) is 1.50. The zero-order valence-corrected chi connectivity index (χ0v) is 10.3. The zero-order chi connectivity index (χ0) is 13.2. The molecule has 0 unspecified atom stereocenters. The lowest BCUT2D eigenvalue weighted by Crippen LogP contribution is -2.14. The molecule has 2 aromatic heterocycles. The molecule has 3 rings (SSSR count). The van der Waals surface area contributed by atoms with E-state index in [9.17, 15) is 4.79 Å². The number of hydrogen-bond donors (Lipinski definition) is 3. The highest BCUT2D eigenvalue weighted by Gasteiger charge is 2.13. The Balaban J connectivity index is 1.88. The quantitative estimate of drug-likeness (QED) is 0.661. The number of aromatic nitrogens is 5. The van der Waals surface area contributed by atoms with E-state index < -0.39 is 0 Å². The number of nitrogens with zero attached hydrogens (tertiary/aromatic N) is 3. The van der Waals surface area contributed by atoms with Gasteiger partial charge in [0.1, 0.15) is 5.82 Å². The van der Waals surface area contributed by atoms with Crippen LogP contribution in [0.5, 0.6) is 0 Å². The normalized spacial score (nSPS) is 10.8. The van der Waals surface area contributed by atoms with Gasteiger partial charge in [0.25, 0.3) is 5.91 Å². The monoisotopic (exact) mass is 256 g/mol. The number of aryl methyl sites for hydroxylation is 1. The summed E-state index contributed by atoms with van der Waals surface area (Å²) in [6, 6.07) is 5.54. The average molecular weight is 256 g/mol. The average Bonchev–Trinajstić information content (AvgIpc) is 3.08. The minimum absolute atomic E-state index is 0.136. The Bertz CT molecular complexity index is 728. The van der Waals surface area contributed by atoms with Crippen LogP contribution in [0, 0.1) is 0 Å². The van der Waals surface area contributed by atoms with Gasteiger partial charge in [0.05, 0.1) is 17.4 Å². The van der Waals surface area contributed by atoms with Crippen molar-refractivity contribution in [3.05, 3.63) is 36.0 Å². The summed E-state index contributed by atoms with van der Waals surface area (Å²) in [5.41, 5.74) is 1.54. The first-order valence-corrected chi connectivity index (χ1v) is 5.92. The second-order valence-corrected chi connectivity index (χ2v) is 4.05. The molecule has 1 amide bonds. The number of carbonyl (C=O) groups excluding carboxylic acids is 1. The molecule has 0 atom stereocenters. The fourth-order valence-corrected chi connectivity index (χ4v) is 1.81. The van der Waals surface area contributed by atoms with Crippen LogP contribution in [0.1, 0.15) is 23.4 Å². The number of benzene rings is 1. The number of anilines is 1. The van der Waals surface area contributed by atoms with Crippen LogP contribution >= 0.6 is 0 Å². The van der Waals surface area contributed by atoms with Crippen molar-refractivity contribution >= 4 is 22.5 Å². The van der Waals surface area contributed by atoms with Gasteiger partial charge in [-0.1, -0.05) is 13.0 Å². The fourth-order valence-electron chi connectivity index (χ4n) is 1.81. The molecule has 0 saturated carbocycles. The molecule has 0 fully saturated rings. The third-order valence-corrected chi connectivity index (χ3v) is 2.80. The molecule has 7 heteroatoms. The zero-order valence-electron chi connectivity index (χ0n) is 10.3. The Morgan fingerprint density at radius 2 is 2.26 bits per heavy atom. The van der Waals surface area contributed by atoms with E-state index in [2.05, 4.69) is 30.7 Å². The number of H-pyrrole nitrogens is 2. The second kappa shape index (κ2) is 4.52. The molecule has 19 heavy (non-hydrogen) atoms. The molecule has 7 nitrogen and oxygen atoms in total. The molecule has 3 aromatic rings. The predicted molar refractivity (Wildman–Crippen MR) is 69.8 cm³/mol. The lowest BCUT2D eigenvalue weighted by atomic mass is 10.2. The highest BCUT2D eigenvalue weighted by atomic mass is 16.2. The summed E-state index contributed by atoms with van der Waals surface area (Å²) in [6.07, 6.45) is 2.37. The molecule has 0 bridgehead atoms. The first kappa shape index (κ1) is 11.4. The number of fused-ring (bicyclic) bond motifs is 1. The summed E-state index contributed by atoms with van der Waals surface area (Å²) in [4.78, 5) is 16.1.